The van der Waals surface area contributed by atoms with Crippen LogP contribution in [0, 0.1) is 0 Å². The molecule has 5 nitrogen and oxygen atoms in total. The van der Waals surface area contributed by atoms with Gasteiger partial charge >= 0.3 is 0 Å². The number of carbonyl (C=O) groups is 1. The number of aliphatic hydroxyl groups is 3. The number of rotatable bonds is 36. The third kappa shape index (κ3) is 34.2. The van der Waals surface area contributed by atoms with Gasteiger partial charge in [0.1, 0.15) is 0 Å². The van der Waals surface area contributed by atoms with E-state index in [0.29, 0.717) is 6.42 Å². The second kappa shape index (κ2) is 37.4. The normalized spacial score (nSPS) is 14.1. The van der Waals surface area contributed by atoms with E-state index in [4.69, 9.17) is 0 Å². The zero-order chi connectivity index (χ0) is 34.5. The van der Waals surface area contributed by atoms with Gasteiger partial charge in [-0.15, -0.1) is 0 Å². The van der Waals surface area contributed by atoms with Gasteiger partial charge in [-0.05, 0) is 39.0 Å². The first-order chi connectivity index (χ1) is 23.0. The molecule has 0 aliphatic heterocycles. The highest BCUT2D eigenvalue weighted by Crippen LogP contribution is 2.16. The van der Waals surface area contributed by atoms with Crippen LogP contribution in [-0.4, -0.2) is 46.1 Å². The molecule has 0 radical (unpaired) electrons. The molecule has 3 atom stereocenters. The molecule has 0 heterocycles. The van der Waals surface area contributed by atoms with Crippen molar-refractivity contribution in [1.29, 1.82) is 0 Å². The lowest BCUT2D eigenvalue weighted by molar-refractivity contribution is -0.124. The zero-order valence-electron chi connectivity index (χ0n) is 31.2. The van der Waals surface area contributed by atoms with E-state index in [9.17, 15) is 20.1 Å². The predicted octanol–water partition coefficient (Wildman–Crippen LogP) is 11.2. The largest absolute Gasteiger partial charge is 0.394 e. The minimum absolute atomic E-state index is 0.00422. The highest BCUT2D eigenvalue weighted by Gasteiger charge is 2.20. The zero-order valence-corrected chi connectivity index (χ0v) is 31.2. The summed E-state index contributed by atoms with van der Waals surface area (Å²) in [7, 11) is 0. The standard InChI is InChI=1S/C42H79NO4/c1-3-5-7-9-11-13-14-15-16-17-18-19-20-21-22-23-24-25-26-28-29-31-33-35-39(45)37-42(47)43-40(38-44)41(46)36-34-32-30-27-12-10-8-6-4-2/h4,6,12,27,34,36,39-41,44-46H,3,5,7-11,13-26,28-33,35,37-38H2,1-2H3,(H,43,47)/b6-4+,27-12+,36-34+. The molecule has 4 N–H and O–H groups in total. The van der Waals surface area contributed by atoms with Crippen LogP contribution in [0.1, 0.15) is 200 Å². The molecule has 0 aromatic rings. The Labute approximate surface area is 292 Å². The first-order valence-electron chi connectivity index (χ1n) is 20.2. The lowest BCUT2D eigenvalue weighted by Crippen LogP contribution is -2.45. The van der Waals surface area contributed by atoms with Crippen molar-refractivity contribution in [3.05, 3.63) is 36.5 Å². The fourth-order valence-corrected chi connectivity index (χ4v) is 6.14. The number of carbonyl (C=O) groups excluding carboxylic acids is 1. The van der Waals surface area contributed by atoms with Gasteiger partial charge in [0, 0.05) is 0 Å². The highest BCUT2D eigenvalue weighted by molar-refractivity contribution is 5.76. The Kier molecular flexibility index (Phi) is 36.3. The second-order valence-electron chi connectivity index (χ2n) is 13.9. The molecule has 0 spiro atoms. The third-order valence-corrected chi connectivity index (χ3v) is 9.25. The Morgan fingerprint density at radius 1 is 0.574 bits per heavy atom. The Bertz CT molecular complexity index is 734. The molecule has 276 valence electrons. The van der Waals surface area contributed by atoms with Crippen LogP contribution in [-0.2, 0) is 4.79 Å². The van der Waals surface area contributed by atoms with Crippen molar-refractivity contribution in [3.8, 4) is 0 Å². The molecule has 0 aromatic heterocycles. The summed E-state index contributed by atoms with van der Waals surface area (Å²) < 4.78 is 0. The van der Waals surface area contributed by atoms with E-state index in [1.54, 1.807) is 6.08 Å². The van der Waals surface area contributed by atoms with Crippen molar-refractivity contribution in [2.24, 2.45) is 0 Å². The average Bonchev–Trinajstić information content (AvgIpc) is 3.06. The van der Waals surface area contributed by atoms with Crippen LogP contribution in [0.15, 0.2) is 36.5 Å². The SMILES string of the molecule is C/C=C/CC/C=C/CC/C=C/C(O)C(CO)NC(=O)CC(O)CCCCCCCCCCCCCCCCCCCCCCCCC. The molecule has 0 aliphatic carbocycles. The van der Waals surface area contributed by atoms with Crippen molar-refractivity contribution < 1.29 is 20.1 Å². The summed E-state index contributed by atoms with van der Waals surface area (Å²) in [6.07, 6.45) is 46.0. The Hall–Kier alpha value is -1.43. The molecular formula is C42H79NO4. The van der Waals surface area contributed by atoms with Gasteiger partial charge in [0.05, 0.1) is 31.3 Å². The van der Waals surface area contributed by atoms with Gasteiger partial charge in [0.2, 0.25) is 5.91 Å². The number of hydrogen-bond donors (Lipinski definition) is 4. The topological polar surface area (TPSA) is 89.8 Å². The molecular weight excluding hydrogens is 582 g/mol. The molecule has 0 rings (SSSR count). The van der Waals surface area contributed by atoms with Gasteiger partial charge in [-0.25, -0.2) is 0 Å². The Balaban J connectivity index is 3.57. The molecule has 3 unspecified atom stereocenters. The van der Waals surface area contributed by atoms with Crippen LogP contribution in [0.3, 0.4) is 0 Å². The maximum absolute atomic E-state index is 12.3. The number of nitrogens with one attached hydrogen (secondary N) is 1. The van der Waals surface area contributed by atoms with Crippen molar-refractivity contribution >= 4 is 5.91 Å². The fraction of sp³-hybridized carbons (Fsp3) is 0.833. The summed E-state index contributed by atoms with van der Waals surface area (Å²) in [5.41, 5.74) is 0. The number of hydrogen-bond acceptors (Lipinski definition) is 4. The second-order valence-corrected chi connectivity index (χ2v) is 13.9. The molecule has 0 saturated heterocycles. The monoisotopic (exact) mass is 662 g/mol. The fourth-order valence-electron chi connectivity index (χ4n) is 6.14. The van der Waals surface area contributed by atoms with Crippen molar-refractivity contribution in [2.45, 2.75) is 218 Å². The first-order valence-corrected chi connectivity index (χ1v) is 20.2. The maximum Gasteiger partial charge on any atom is 0.222 e. The van der Waals surface area contributed by atoms with Gasteiger partial charge in [0.15, 0.2) is 0 Å². The lowest BCUT2D eigenvalue weighted by atomic mass is 10.0. The van der Waals surface area contributed by atoms with Gasteiger partial charge in [-0.1, -0.05) is 191 Å². The summed E-state index contributed by atoms with van der Waals surface area (Å²) >= 11 is 0. The van der Waals surface area contributed by atoms with Gasteiger partial charge in [-0.2, -0.15) is 0 Å². The smallest absolute Gasteiger partial charge is 0.222 e. The molecule has 0 fully saturated rings. The summed E-state index contributed by atoms with van der Waals surface area (Å²) in [6.45, 7) is 3.96. The Morgan fingerprint density at radius 3 is 1.36 bits per heavy atom. The first kappa shape index (κ1) is 45.6. The Morgan fingerprint density at radius 2 is 0.957 bits per heavy atom. The summed E-state index contributed by atoms with van der Waals surface area (Å²) in [4.78, 5) is 12.3. The van der Waals surface area contributed by atoms with E-state index in [2.05, 4.69) is 36.5 Å². The van der Waals surface area contributed by atoms with Crippen molar-refractivity contribution in [2.75, 3.05) is 6.61 Å². The number of amides is 1. The van der Waals surface area contributed by atoms with Crippen molar-refractivity contribution in [3.63, 3.8) is 0 Å². The number of unbranched alkanes of at least 4 members (excludes halogenated alkanes) is 24. The van der Waals surface area contributed by atoms with Gasteiger partial charge in [0.25, 0.3) is 0 Å². The van der Waals surface area contributed by atoms with Crippen LogP contribution < -0.4 is 5.32 Å². The maximum atomic E-state index is 12.3. The van der Waals surface area contributed by atoms with E-state index in [1.807, 2.05) is 13.0 Å². The van der Waals surface area contributed by atoms with E-state index in [1.165, 1.54) is 135 Å². The lowest BCUT2D eigenvalue weighted by Gasteiger charge is -2.21. The van der Waals surface area contributed by atoms with Gasteiger partial charge < -0.3 is 20.6 Å². The minimum atomic E-state index is -0.955. The van der Waals surface area contributed by atoms with E-state index in [-0.39, 0.29) is 18.9 Å². The van der Waals surface area contributed by atoms with Crippen molar-refractivity contribution in [1.82, 2.24) is 5.32 Å². The quantitative estimate of drug-likeness (QED) is 0.0397. The molecule has 5 heteroatoms. The average molecular weight is 662 g/mol. The summed E-state index contributed by atoms with van der Waals surface area (Å²) in [6, 6.07) is -0.762. The van der Waals surface area contributed by atoms with Gasteiger partial charge in [-0.3, -0.25) is 4.79 Å². The summed E-state index contributed by atoms with van der Waals surface area (Å²) in [5.74, 6) is -0.331. The predicted molar refractivity (Wildman–Crippen MR) is 204 cm³/mol. The molecule has 0 bridgehead atoms. The highest BCUT2D eigenvalue weighted by atomic mass is 16.3. The van der Waals surface area contributed by atoms with Crippen LogP contribution in [0.5, 0.6) is 0 Å². The minimum Gasteiger partial charge on any atom is -0.394 e. The van der Waals surface area contributed by atoms with Crippen LogP contribution >= 0.6 is 0 Å². The number of aliphatic hydroxyl groups excluding tert-OH is 3. The van der Waals surface area contributed by atoms with E-state index < -0.39 is 18.2 Å². The molecule has 0 saturated carbocycles. The molecule has 0 aromatic carbocycles. The molecule has 0 aliphatic rings. The third-order valence-electron chi connectivity index (χ3n) is 9.25. The molecule has 1 amide bonds. The van der Waals surface area contributed by atoms with E-state index in [0.717, 1.165) is 38.5 Å². The summed E-state index contributed by atoms with van der Waals surface area (Å²) in [5, 5.41) is 32.9. The van der Waals surface area contributed by atoms with Crippen LogP contribution in [0.4, 0.5) is 0 Å². The van der Waals surface area contributed by atoms with Crippen LogP contribution in [0.2, 0.25) is 0 Å². The molecule has 47 heavy (non-hydrogen) atoms. The number of allylic oxidation sites excluding steroid dienone is 5. The van der Waals surface area contributed by atoms with E-state index >= 15 is 0 Å². The van der Waals surface area contributed by atoms with Crippen LogP contribution in [0.25, 0.3) is 0 Å².